The Balaban J connectivity index is 2.61. The number of anilines is 2. The van der Waals surface area contributed by atoms with Crippen molar-refractivity contribution in [1.82, 2.24) is 0 Å². The molecule has 3 amide bonds. The Bertz CT molecular complexity index is 453. The summed E-state index contributed by atoms with van der Waals surface area (Å²) in [5.74, 6) is 0.586. The van der Waals surface area contributed by atoms with E-state index in [1.807, 2.05) is 6.26 Å². The van der Waals surface area contributed by atoms with E-state index in [2.05, 4.69) is 10.6 Å². The molecule has 0 spiro atoms. The van der Waals surface area contributed by atoms with Crippen LogP contribution in [0.4, 0.5) is 16.2 Å². The van der Waals surface area contributed by atoms with Crippen LogP contribution < -0.4 is 22.1 Å². The van der Waals surface area contributed by atoms with Crippen LogP contribution in [-0.4, -0.2) is 30.0 Å². The van der Waals surface area contributed by atoms with Gasteiger partial charge in [0.2, 0.25) is 5.91 Å². The van der Waals surface area contributed by atoms with Crippen LogP contribution in [-0.2, 0) is 4.79 Å². The Hall–Kier alpha value is -1.73. The highest BCUT2D eigenvalue weighted by molar-refractivity contribution is 7.98. The largest absolute Gasteiger partial charge is 0.351 e. The van der Waals surface area contributed by atoms with Crippen LogP contribution in [0, 0.1) is 0 Å². The van der Waals surface area contributed by atoms with Crippen molar-refractivity contribution in [2.45, 2.75) is 12.5 Å². The molecular formula is C12H18N4O2S. The molecule has 0 aliphatic carbocycles. The predicted molar refractivity (Wildman–Crippen MR) is 79.3 cm³/mol. The zero-order valence-electron chi connectivity index (χ0n) is 10.7. The number of benzene rings is 1. The second-order valence-corrected chi connectivity index (χ2v) is 4.93. The molecule has 1 rings (SSSR count). The summed E-state index contributed by atoms with van der Waals surface area (Å²) in [4.78, 5) is 22.5. The van der Waals surface area contributed by atoms with E-state index in [1.165, 1.54) is 0 Å². The Morgan fingerprint density at radius 3 is 2.53 bits per heavy atom. The van der Waals surface area contributed by atoms with E-state index in [4.69, 9.17) is 11.5 Å². The average Bonchev–Trinajstić information content (AvgIpc) is 2.35. The van der Waals surface area contributed by atoms with E-state index in [0.29, 0.717) is 17.8 Å². The lowest BCUT2D eigenvalue weighted by Crippen LogP contribution is -2.36. The number of hydrogen-bond donors (Lipinski definition) is 4. The fourth-order valence-electron chi connectivity index (χ4n) is 1.43. The number of carbonyl (C=O) groups is 2. The number of amides is 3. The minimum absolute atomic E-state index is 0.245. The van der Waals surface area contributed by atoms with Crippen LogP contribution in [0.1, 0.15) is 6.42 Å². The van der Waals surface area contributed by atoms with Crippen molar-refractivity contribution in [3.05, 3.63) is 24.3 Å². The molecule has 6 nitrogen and oxygen atoms in total. The molecule has 0 aromatic heterocycles. The van der Waals surface area contributed by atoms with Crippen LogP contribution in [0.25, 0.3) is 0 Å². The van der Waals surface area contributed by atoms with Gasteiger partial charge in [0, 0.05) is 11.4 Å². The molecule has 6 N–H and O–H groups in total. The van der Waals surface area contributed by atoms with Gasteiger partial charge in [-0.3, -0.25) is 4.79 Å². The number of thioether (sulfide) groups is 1. The van der Waals surface area contributed by atoms with E-state index in [-0.39, 0.29) is 5.91 Å². The number of carbonyl (C=O) groups excluding carboxylic acids is 2. The minimum Gasteiger partial charge on any atom is -0.351 e. The lowest BCUT2D eigenvalue weighted by Gasteiger charge is -2.12. The van der Waals surface area contributed by atoms with Crippen molar-refractivity contribution in [2.24, 2.45) is 11.5 Å². The summed E-state index contributed by atoms with van der Waals surface area (Å²) in [6, 6.07) is 5.51. The second-order valence-electron chi connectivity index (χ2n) is 3.95. The van der Waals surface area contributed by atoms with E-state index >= 15 is 0 Å². The first-order valence-electron chi connectivity index (χ1n) is 5.75. The van der Waals surface area contributed by atoms with Crippen LogP contribution >= 0.6 is 11.8 Å². The van der Waals surface area contributed by atoms with Gasteiger partial charge in [-0.1, -0.05) is 6.07 Å². The first-order chi connectivity index (χ1) is 9.02. The number of hydrogen-bond acceptors (Lipinski definition) is 4. The molecular weight excluding hydrogens is 264 g/mol. The standard InChI is InChI=1S/C12H18N4O2S/c1-19-6-5-10(13)11(17)15-8-3-2-4-9(7-8)16-12(14)18/h2-4,7,10H,5-6,13H2,1H3,(H,15,17)(H3,14,16,18)/t10-/m0/s1. The maximum Gasteiger partial charge on any atom is 0.316 e. The quantitative estimate of drug-likeness (QED) is 0.628. The van der Waals surface area contributed by atoms with Crippen molar-refractivity contribution >= 4 is 35.1 Å². The highest BCUT2D eigenvalue weighted by Gasteiger charge is 2.13. The molecule has 104 valence electrons. The van der Waals surface area contributed by atoms with E-state index in [1.54, 1.807) is 36.0 Å². The number of nitrogens with two attached hydrogens (primary N) is 2. The lowest BCUT2D eigenvalue weighted by molar-refractivity contribution is -0.117. The molecule has 0 fully saturated rings. The first-order valence-corrected chi connectivity index (χ1v) is 7.14. The van der Waals surface area contributed by atoms with Crippen molar-refractivity contribution in [3.63, 3.8) is 0 Å². The van der Waals surface area contributed by atoms with Gasteiger partial charge in [0.05, 0.1) is 6.04 Å². The number of nitrogens with one attached hydrogen (secondary N) is 2. The van der Waals surface area contributed by atoms with Crippen molar-refractivity contribution in [3.8, 4) is 0 Å². The highest BCUT2D eigenvalue weighted by Crippen LogP contribution is 2.15. The third-order valence-corrected chi connectivity index (χ3v) is 3.01. The molecule has 0 aliphatic rings. The van der Waals surface area contributed by atoms with Crippen LogP contribution in [0.2, 0.25) is 0 Å². The smallest absolute Gasteiger partial charge is 0.316 e. The van der Waals surface area contributed by atoms with E-state index in [0.717, 1.165) is 5.75 Å². The zero-order valence-corrected chi connectivity index (χ0v) is 11.5. The average molecular weight is 282 g/mol. The molecule has 0 saturated carbocycles. The fourth-order valence-corrected chi connectivity index (χ4v) is 1.92. The summed E-state index contributed by atoms with van der Waals surface area (Å²) in [5.41, 5.74) is 11.9. The molecule has 0 unspecified atom stereocenters. The van der Waals surface area contributed by atoms with Gasteiger partial charge in [-0.05, 0) is 36.6 Å². The molecule has 1 aromatic carbocycles. The Kier molecular flexibility index (Phi) is 6.17. The molecule has 19 heavy (non-hydrogen) atoms. The predicted octanol–water partition coefficient (Wildman–Crippen LogP) is 1.20. The van der Waals surface area contributed by atoms with Gasteiger partial charge in [0.1, 0.15) is 0 Å². The summed E-state index contributed by atoms with van der Waals surface area (Å²) in [7, 11) is 0. The van der Waals surface area contributed by atoms with Crippen molar-refractivity contribution < 1.29 is 9.59 Å². The molecule has 0 radical (unpaired) electrons. The Morgan fingerprint density at radius 2 is 1.95 bits per heavy atom. The fraction of sp³-hybridized carbons (Fsp3) is 0.333. The highest BCUT2D eigenvalue weighted by atomic mass is 32.2. The summed E-state index contributed by atoms with van der Waals surface area (Å²) >= 11 is 1.64. The third-order valence-electron chi connectivity index (χ3n) is 2.37. The van der Waals surface area contributed by atoms with Crippen LogP contribution in [0.15, 0.2) is 24.3 Å². The van der Waals surface area contributed by atoms with E-state index < -0.39 is 12.1 Å². The maximum atomic E-state index is 11.8. The number of rotatable bonds is 6. The second kappa shape index (κ2) is 7.65. The van der Waals surface area contributed by atoms with E-state index in [9.17, 15) is 9.59 Å². The SMILES string of the molecule is CSCC[C@H](N)C(=O)Nc1cccc(NC(N)=O)c1. The number of primary amides is 1. The summed E-state index contributed by atoms with van der Waals surface area (Å²) in [6.07, 6.45) is 2.58. The van der Waals surface area contributed by atoms with Crippen molar-refractivity contribution in [2.75, 3.05) is 22.6 Å². The summed E-state index contributed by atoms with van der Waals surface area (Å²) < 4.78 is 0. The zero-order chi connectivity index (χ0) is 14.3. The Labute approximate surface area is 116 Å². The van der Waals surface area contributed by atoms with Crippen molar-refractivity contribution in [1.29, 1.82) is 0 Å². The van der Waals surface area contributed by atoms with Gasteiger partial charge in [-0.2, -0.15) is 11.8 Å². The maximum absolute atomic E-state index is 11.8. The minimum atomic E-state index is -0.653. The number of urea groups is 1. The molecule has 0 saturated heterocycles. The van der Waals surface area contributed by atoms with Crippen LogP contribution in [0.5, 0.6) is 0 Å². The van der Waals surface area contributed by atoms with Gasteiger partial charge in [-0.15, -0.1) is 0 Å². The molecule has 1 aromatic rings. The van der Waals surface area contributed by atoms with Gasteiger partial charge in [0.25, 0.3) is 0 Å². The van der Waals surface area contributed by atoms with Crippen LogP contribution in [0.3, 0.4) is 0 Å². The monoisotopic (exact) mass is 282 g/mol. The third kappa shape index (κ3) is 5.62. The normalized spacial score (nSPS) is 11.7. The van der Waals surface area contributed by atoms with Gasteiger partial charge in [0.15, 0.2) is 0 Å². The van der Waals surface area contributed by atoms with Gasteiger partial charge >= 0.3 is 6.03 Å². The summed E-state index contributed by atoms with van der Waals surface area (Å²) in [6.45, 7) is 0. The van der Waals surface area contributed by atoms with Gasteiger partial charge in [-0.25, -0.2) is 4.79 Å². The molecule has 0 bridgehead atoms. The summed E-state index contributed by atoms with van der Waals surface area (Å²) in [5, 5.41) is 5.13. The topological polar surface area (TPSA) is 110 Å². The Morgan fingerprint density at radius 1 is 1.32 bits per heavy atom. The lowest BCUT2D eigenvalue weighted by atomic mass is 10.2. The molecule has 0 aliphatic heterocycles. The molecule has 7 heteroatoms. The first kappa shape index (κ1) is 15.3. The van der Waals surface area contributed by atoms with Gasteiger partial charge < -0.3 is 22.1 Å². The molecule has 0 heterocycles. The molecule has 1 atom stereocenters.